The number of aliphatic hydroxyl groups excluding tert-OH is 1. The van der Waals surface area contributed by atoms with E-state index in [1.165, 1.54) is 0 Å². The quantitative estimate of drug-likeness (QED) is 0.824. The van der Waals surface area contributed by atoms with Gasteiger partial charge in [-0.25, -0.2) is 0 Å². The average molecular weight is 247 g/mol. The average Bonchev–Trinajstić information content (AvgIpc) is 2.90. The Bertz CT molecular complexity index is 497. The van der Waals surface area contributed by atoms with Gasteiger partial charge in [0, 0.05) is 18.0 Å². The van der Waals surface area contributed by atoms with E-state index < -0.39 is 0 Å². The number of aliphatic hydroxyl groups is 1. The second kappa shape index (κ2) is 5.66. The lowest BCUT2D eigenvalue weighted by molar-refractivity contribution is 0.268. The van der Waals surface area contributed by atoms with E-state index in [0.717, 1.165) is 16.9 Å². The molecule has 3 N–H and O–H groups in total. The first-order valence-corrected chi connectivity index (χ1v) is 5.75. The molecule has 0 bridgehead atoms. The van der Waals surface area contributed by atoms with Crippen molar-refractivity contribution in [2.75, 3.05) is 13.7 Å². The molecule has 2 aromatic rings. The Morgan fingerprint density at radius 3 is 2.94 bits per heavy atom. The Kier molecular flexibility index (Phi) is 3.96. The van der Waals surface area contributed by atoms with Crippen LogP contribution in [0.1, 0.15) is 17.2 Å². The van der Waals surface area contributed by atoms with E-state index in [9.17, 15) is 0 Å². The second-order valence-electron chi connectivity index (χ2n) is 4.06. The fraction of sp³-hybridized carbons (Fsp3) is 0.308. The minimum absolute atomic E-state index is 0.0759. The van der Waals surface area contributed by atoms with E-state index in [0.29, 0.717) is 6.54 Å². The number of hydrogen-bond acceptors (Lipinski definition) is 4. The highest BCUT2D eigenvalue weighted by molar-refractivity contribution is 5.38. The summed E-state index contributed by atoms with van der Waals surface area (Å²) in [5.41, 5.74) is 7.69. The molecule has 0 amide bonds. The summed E-state index contributed by atoms with van der Waals surface area (Å²) in [5, 5.41) is 13.3. The number of rotatable bonds is 5. The van der Waals surface area contributed by atoms with Gasteiger partial charge in [-0.2, -0.15) is 5.10 Å². The van der Waals surface area contributed by atoms with Crippen molar-refractivity contribution in [2.24, 2.45) is 5.73 Å². The molecule has 0 unspecified atom stereocenters. The fourth-order valence-electron chi connectivity index (χ4n) is 1.83. The zero-order chi connectivity index (χ0) is 13.0. The summed E-state index contributed by atoms with van der Waals surface area (Å²) >= 11 is 0. The Morgan fingerprint density at radius 1 is 1.50 bits per heavy atom. The summed E-state index contributed by atoms with van der Waals surface area (Å²) in [6.07, 6.45) is 3.62. The maximum absolute atomic E-state index is 9.09. The first kappa shape index (κ1) is 12.6. The molecule has 18 heavy (non-hydrogen) atoms. The minimum atomic E-state index is -0.368. The van der Waals surface area contributed by atoms with Crippen molar-refractivity contribution in [3.05, 3.63) is 47.8 Å². The van der Waals surface area contributed by atoms with Gasteiger partial charge in [0.15, 0.2) is 0 Å². The van der Waals surface area contributed by atoms with Gasteiger partial charge < -0.3 is 15.6 Å². The number of nitrogens with two attached hydrogens (primary N) is 1. The van der Waals surface area contributed by atoms with Gasteiger partial charge in [-0.3, -0.25) is 4.68 Å². The van der Waals surface area contributed by atoms with Crippen LogP contribution in [0.15, 0.2) is 36.7 Å². The Labute approximate surface area is 106 Å². The standard InChI is InChI=1S/C13H17N3O2/c1-18-13-4-3-10(12(14)9-17)7-11(13)8-16-6-2-5-15-16/h2-7,12,17H,8-9,14H2,1H3/t12-/m1/s1. The van der Waals surface area contributed by atoms with Gasteiger partial charge in [0.2, 0.25) is 0 Å². The number of ether oxygens (including phenoxy) is 1. The van der Waals surface area contributed by atoms with Gasteiger partial charge in [-0.05, 0) is 23.8 Å². The van der Waals surface area contributed by atoms with Crippen molar-refractivity contribution < 1.29 is 9.84 Å². The number of benzene rings is 1. The van der Waals surface area contributed by atoms with E-state index in [4.69, 9.17) is 15.6 Å². The van der Waals surface area contributed by atoms with Crippen molar-refractivity contribution in [3.8, 4) is 5.75 Å². The molecule has 0 spiro atoms. The first-order chi connectivity index (χ1) is 8.74. The summed E-state index contributed by atoms with van der Waals surface area (Å²) in [6.45, 7) is 0.537. The van der Waals surface area contributed by atoms with Gasteiger partial charge >= 0.3 is 0 Å². The zero-order valence-corrected chi connectivity index (χ0v) is 10.3. The number of nitrogens with zero attached hydrogens (tertiary/aromatic N) is 2. The second-order valence-corrected chi connectivity index (χ2v) is 4.06. The minimum Gasteiger partial charge on any atom is -0.496 e. The molecule has 0 fully saturated rings. The highest BCUT2D eigenvalue weighted by Crippen LogP contribution is 2.23. The molecule has 0 radical (unpaired) electrons. The van der Waals surface area contributed by atoms with E-state index >= 15 is 0 Å². The number of aromatic nitrogens is 2. The van der Waals surface area contributed by atoms with Crippen LogP contribution < -0.4 is 10.5 Å². The van der Waals surface area contributed by atoms with Crippen LogP contribution in [0, 0.1) is 0 Å². The maximum Gasteiger partial charge on any atom is 0.123 e. The monoisotopic (exact) mass is 247 g/mol. The molecule has 0 saturated heterocycles. The molecular weight excluding hydrogens is 230 g/mol. The Balaban J connectivity index is 2.30. The molecular formula is C13H17N3O2. The van der Waals surface area contributed by atoms with Crippen LogP contribution in [0.4, 0.5) is 0 Å². The normalized spacial score (nSPS) is 12.4. The molecule has 5 heteroatoms. The van der Waals surface area contributed by atoms with Crippen LogP contribution in [0.5, 0.6) is 5.75 Å². The van der Waals surface area contributed by atoms with Crippen molar-refractivity contribution in [1.29, 1.82) is 0 Å². The topological polar surface area (TPSA) is 73.3 Å². The van der Waals surface area contributed by atoms with E-state index in [1.54, 1.807) is 13.3 Å². The van der Waals surface area contributed by atoms with Crippen LogP contribution in [0.2, 0.25) is 0 Å². The highest BCUT2D eigenvalue weighted by atomic mass is 16.5. The van der Waals surface area contributed by atoms with Gasteiger partial charge in [0.25, 0.3) is 0 Å². The third-order valence-corrected chi connectivity index (χ3v) is 2.82. The highest BCUT2D eigenvalue weighted by Gasteiger charge is 2.10. The van der Waals surface area contributed by atoms with Gasteiger partial charge in [-0.15, -0.1) is 0 Å². The van der Waals surface area contributed by atoms with Gasteiger partial charge in [0.1, 0.15) is 5.75 Å². The summed E-state index contributed by atoms with van der Waals surface area (Å²) in [5.74, 6) is 0.791. The smallest absolute Gasteiger partial charge is 0.123 e. The molecule has 96 valence electrons. The third kappa shape index (κ3) is 2.69. The van der Waals surface area contributed by atoms with Crippen molar-refractivity contribution in [3.63, 3.8) is 0 Å². The van der Waals surface area contributed by atoms with Crippen LogP contribution in [0.25, 0.3) is 0 Å². The molecule has 1 heterocycles. The van der Waals surface area contributed by atoms with Crippen molar-refractivity contribution >= 4 is 0 Å². The molecule has 0 aliphatic heterocycles. The molecule has 5 nitrogen and oxygen atoms in total. The van der Waals surface area contributed by atoms with Crippen LogP contribution >= 0.6 is 0 Å². The molecule has 1 atom stereocenters. The molecule has 0 saturated carbocycles. The first-order valence-electron chi connectivity index (χ1n) is 5.75. The fourth-order valence-corrected chi connectivity index (χ4v) is 1.83. The van der Waals surface area contributed by atoms with Crippen LogP contribution in [0.3, 0.4) is 0 Å². The summed E-state index contributed by atoms with van der Waals surface area (Å²) in [4.78, 5) is 0. The maximum atomic E-state index is 9.09. The van der Waals surface area contributed by atoms with Gasteiger partial charge in [-0.1, -0.05) is 6.07 Å². The predicted octanol–water partition coefficient (Wildman–Crippen LogP) is 0.932. The lowest BCUT2D eigenvalue weighted by Crippen LogP contribution is -2.15. The van der Waals surface area contributed by atoms with E-state index in [2.05, 4.69) is 5.10 Å². The van der Waals surface area contributed by atoms with Crippen LogP contribution in [-0.2, 0) is 6.54 Å². The molecule has 0 aliphatic carbocycles. The molecule has 1 aromatic carbocycles. The van der Waals surface area contributed by atoms with E-state index in [-0.39, 0.29) is 12.6 Å². The van der Waals surface area contributed by atoms with Crippen molar-refractivity contribution in [1.82, 2.24) is 9.78 Å². The molecule has 1 aromatic heterocycles. The molecule has 2 rings (SSSR count). The largest absolute Gasteiger partial charge is 0.496 e. The van der Waals surface area contributed by atoms with Crippen LogP contribution in [-0.4, -0.2) is 28.6 Å². The number of hydrogen-bond donors (Lipinski definition) is 2. The van der Waals surface area contributed by atoms with Gasteiger partial charge in [0.05, 0.1) is 26.3 Å². The molecule has 0 aliphatic rings. The lowest BCUT2D eigenvalue weighted by Gasteiger charge is -2.14. The predicted molar refractivity (Wildman–Crippen MR) is 68.3 cm³/mol. The Morgan fingerprint density at radius 2 is 2.33 bits per heavy atom. The lowest BCUT2D eigenvalue weighted by atomic mass is 10.0. The van der Waals surface area contributed by atoms with Crippen molar-refractivity contribution in [2.45, 2.75) is 12.6 Å². The third-order valence-electron chi connectivity index (χ3n) is 2.82. The number of methoxy groups -OCH3 is 1. The Hall–Kier alpha value is -1.85. The SMILES string of the molecule is COc1ccc([C@H](N)CO)cc1Cn1cccn1. The summed E-state index contributed by atoms with van der Waals surface area (Å²) in [6, 6.07) is 7.18. The zero-order valence-electron chi connectivity index (χ0n) is 10.3. The summed E-state index contributed by atoms with van der Waals surface area (Å²) < 4.78 is 7.13. The summed E-state index contributed by atoms with van der Waals surface area (Å²) in [7, 11) is 1.63. The van der Waals surface area contributed by atoms with E-state index in [1.807, 2.05) is 35.1 Å².